The molecule has 0 spiro atoms. The van der Waals surface area contributed by atoms with E-state index >= 15 is 0 Å². The van der Waals surface area contributed by atoms with Gasteiger partial charge in [0.05, 0.1) is 36.6 Å². The summed E-state index contributed by atoms with van der Waals surface area (Å²) in [4.78, 5) is 29.6. The highest BCUT2D eigenvalue weighted by Crippen LogP contribution is 2.31. The largest absolute Gasteiger partial charge is 0.490 e. The summed E-state index contributed by atoms with van der Waals surface area (Å²) in [6.45, 7) is 5.93. The van der Waals surface area contributed by atoms with Crippen molar-refractivity contribution in [2.45, 2.75) is 37.0 Å². The summed E-state index contributed by atoms with van der Waals surface area (Å²) in [5.74, 6) is 0.975. The van der Waals surface area contributed by atoms with Crippen molar-refractivity contribution < 1.29 is 19.4 Å². The fourth-order valence-electron chi connectivity index (χ4n) is 2.22. The van der Waals surface area contributed by atoms with E-state index in [2.05, 4.69) is 31.0 Å². The molecule has 0 aromatic carbocycles. The molecule has 0 aliphatic heterocycles. The Morgan fingerprint density at radius 2 is 2.23 bits per heavy atom. The van der Waals surface area contributed by atoms with Crippen LogP contribution in [0.5, 0.6) is 5.75 Å². The number of aromatic nitrogens is 5. The van der Waals surface area contributed by atoms with Crippen LogP contribution in [0.1, 0.15) is 26.5 Å². The fourth-order valence-corrected chi connectivity index (χ4v) is 3.97. The molecule has 3 heterocycles. The van der Waals surface area contributed by atoms with E-state index in [4.69, 9.17) is 14.6 Å². The highest BCUT2D eigenvalue weighted by molar-refractivity contribution is 8.00. The number of nitrogens with one attached hydrogen (secondary N) is 2. The molecular formula is C18H23N7O4S2. The quantitative estimate of drug-likeness (QED) is 0.135. The van der Waals surface area contributed by atoms with Gasteiger partial charge in [0.25, 0.3) is 0 Å². The first-order valence-corrected chi connectivity index (χ1v) is 11.2. The third-order valence-corrected chi connectivity index (χ3v) is 5.48. The zero-order chi connectivity index (χ0) is 22.1. The third-order valence-electron chi connectivity index (χ3n) is 3.50. The molecule has 3 aromatic rings. The van der Waals surface area contributed by atoms with Gasteiger partial charge in [0, 0.05) is 31.1 Å². The zero-order valence-corrected chi connectivity index (χ0v) is 18.9. The van der Waals surface area contributed by atoms with Gasteiger partial charge in [-0.15, -0.1) is 15.2 Å². The van der Waals surface area contributed by atoms with Gasteiger partial charge in [0.1, 0.15) is 12.4 Å². The molecule has 2 N–H and O–H groups in total. The third kappa shape index (κ3) is 7.56. The van der Waals surface area contributed by atoms with Crippen LogP contribution in [-0.4, -0.2) is 49.9 Å². The average Bonchev–Trinajstić information content (AvgIpc) is 3.41. The van der Waals surface area contributed by atoms with Gasteiger partial charge in [-0.1, -0.05) is 23.1 Å². The summed E-state index contributed by atoms with van der Waals surface area (Å²) in [7, 11) is 0. The molecule has 166 valence electrons. The van der Waals surface area contributed by atoms with Crippen molar-refractivity contribution >= 4 is 34.1 Å². The number of rotatable bonds is 12. The van der Waals surface area contributed by atoms with Crippen LogP contribution >= 0.6 is 23.1 Å². The van der Waals surface area contributed by atoms with Crippen molar-refractivity contribution in [3.8, 4) is 11.4 Å². The van der Waals surface area contributed by atoms with Crippen molar-refractivity contribution in [3.63, 3.8) is 0 Å². The van der Waals surface area contributed by atoms with E-state index in [1.165, 1.54) is 30.0 Å². The predicted molar refractivity (Wildman–Crippen MR) is 116 cm³/mol. The van der Waals surface area contributed by atoms with E-state index in [1.54, 1.807) is 18.7 Å². The van der Waals surface area contributed by atoms with Crippen LogP contribution in [0.3, 0.4) is 0 Å². The number of anilines is 1. The molecule has 0 bridgehead atoms. The second-order valence-corrected chi connectivity index (χ2v) is 8.62. The number of hydrogen-bond donors (Lipinski definition) is 2. The lowest BCUT2D eigenvalue weighted by Gasteiger charge is -2.13. The molecule has 11 nitrogen and oxygen atoms in total. The molecule has 31 heavy (non-hydrogen) atoms. The summed E-state index contributed by atoms with van der Waals surface area (Å²) in [5, 5.41) is 11.1. The van der Waals surface area contributed by atoms with Crippen LogP contribution in [0.15, 0.2) is 35.3 Å². The smallest absolute Gasteiger partial charge is 0.223 e. The molecule has 0 fully saturated rings. The van der Waals surface area contributed by atoms with Crippen LogP contribution in [-0.2, 0) is 20.4 Å². The van der Waals surface area contributed by atoms with Gasteiger partial charge in [-0.05, 0) is 13.8 Å². The van der Waals surface area contributed by atoms with Crippen molar-refractivity contribution in [2.24, 2.45) is 0 Å². The Bertz CT molecular complexity index is 966. The zero-order valence-electron chi connectivity index (χ0n) is 17.3. The maximum atomic E-state index is 11.1. The van der Waals surface area contributed by atoms with E-state index in [0.717, 1.165) is 15.7 Å². The minimum absolute atomic E-state index is 0.0420. The number of hydrogen-bond acceptors (Lipinski definition) is 11. The highest BCUT2D eigenvalue weighted by atomic mass is 32.2. The molecule has 1 amide bonds. The number of carbonyl (C=O) groups excluding carboxylic acids is 1. The Labute approximate surface area is 187 Å². The maximum absolute atomic E-state index is 11.1. The fraction of sp³-hybridized carbons (Fsp3) is 0.389. The second-order valence-electron chi connectivity index (χ2n) is 6.42. The summed E-state index contributed by atoms with van der Waals surface area (Å²) in [6, 6.07) is 1.90. The SMILES string of the molecule is CC(=O)Nc1nnc(SCc2ncc(-n3ccnc3)cc2OCCNOOC(C)C)s1. The molecule has 0 aliphatic rings. The summed E-state index contributed by atoms with van der Waals surface area (Å²) in [5.41, 5.74) is 4.27. The van der Waals surface area contributed by atoms with Crippen LogP contribution < -0.4 is 15.5 Å². The van der Waals surface area contributed by atoms with E-state index in [1.807, 2.05) is 30.7 Å². The number of carbonyl (C=O) groups is 1. The van der Waals surface area contributed by atoms with Gasteiger partial charge in [-0.25, -0.2) is 9.87 Å². The minimum Gasteiger partial charge on any atom is -0.490 e. The van der Waals surface area contributed by atoms with Crippen molar-refractivity contribution in [1.29, 1.82) is 0 Å². The van der Waals surface area contributed by atoms with Crippen molar-refractivity contribution in [2.75, 3.05) is 18.5 Å². The number of amides is 1. The average molecular weight is 466 g/mol. The Kier molecular flexibility index (Phi) is 8.73. The Hall–Kier alpha value is -2.58. The number of ether oxygens (including phenoxy) is 1. The minimum atomic E-state index is -0.184. The van der Waals surface area contributed by atoms with Gasteiger partial charge in [-0.2, -0.15) is 5.48 Å². The number of nitrogens with zero attached hydrogens (tertiary/aromatic N) is 5. The van der Waals surface area contributed by atoms with Gasteiger partial charge in [0.2, 0.25) is 11.0 Å². The Morgan fingerprint density at radius 1 is 1.35 bits per heavy atom. The molecule has 0 unspecified atom stereocenters. The predicted octanol–water partition coefficient (Wildman–Crippen LogP) is 2.61. The van der Waals surface area contributed by atoms with Gasteiger partial charge in [0.15, 0.2) is 4.34 Å². The van der Waals surface area contributed by atoms with Crippen molar-refractivity contribution in [3.05, 3.63) is 36.7 Å². The normalized spacial score (nSPS) is 11.1. The second kappa shape index (κ2) is 11.7. The lowest BCUT2D eigenvalue weighted by atomic mass is 10.3. The number of thioether (sulfide) groups is 1. The molecule has 0 atom stereocenters. The van der Waals surface area contributed by atoms with E-state index in [-0.39, 0.29) is 12.0 Å². The maximum Gasteiger partial charge on any atom is 0.223 e. The standard InChI is InChI=1S/C18H23N7O4S2/c1-12(2)28-29-21-5-7-27-16-8-14(25-6-4-19-11-25)9-20-15(16)10-30-18-24-23-17(31-18)22-13(3)26/h4,6,8-9,11-12,21H,5,7,10H2,1-3H3,(H,22,23,26). The molecule has 0 saturated heterocycles. The Balaban J connectivity index is 1.63. The van der Waals surface area contributed by atoms with Gasteiger partial charge in [-0.3, -0.25) is 9.78 Å². The summed E-state index contributed by atoms with van der Waals surface area (Å²) >= 11 is 2.77. The first-order chi connectivity index (χ1) is 15.0. The lowest BCUT2D eigenvalue weighted by Crippen LogP contribution is -2.23. The van der Waals surface area contributed by atoms with Crippen LogP contribution in [0.2, 0.25) is 0 Å². The van der Waals surface area contributed by atoms with Crippen LogP contribution in [0, 0.1) is 0 Å². The topological polar surface area (TPSA) is 125 Å². The van der Waals surface area contributed by atoms with Gasteiger partial charge < -0.3 is 14.6 Å². The highest BCUT2D eigenvalue weighted by Gasteiger charge is 2.12. The number of imidazole rings is 1. The lowest BCUT2D eigenvalue weighted by molar-refractivity contribution is -0.356. The molecule has 0 aliphatic carbocycles. The summed E-state index contributed by atoms with van der Waals surface area (Å²) in [6.07, 6.45) is 6.93. The molecule has 3 rings (SSSR count). The van der Waals surface area contributed by atoms with Gasteiger partial charge >= 0.3 is 0 Å². The molecule has 3 aromatic heterocycles. The first kappa shape index (κ1) is 23.1. The molecular weight excluding hydrogens is 442 g/mol. The van der Waals surface area contributed by atoms with Crippen LogP contribution in [0.4, 0.5) is 5.13 Å². The summed E-state index contributed by atoms with van der Waals surface area (Å²) < 4.78 is 8.50. The number of pyridine rings is 1. The molecule has 0 saturated carbocycles. The monoisotopic (exact) mass is 465 g/mol. The van der Waals surface area contributed by atoms with E-state index in [0.29, 0.717) is 29.8 Å². The first-order valence-electron chi connectivity index (χ1n) is 9.40. The molecule has 0 radical (unpaired) electrons. The van der Waals surface area contributed by atoms with E-state index < -0.39 is 0 Å². The molecule has 13 heteroatoms. The Morgan fingerprint density at radius 3 is 2.97 bits per heavy atom. The van der Waals surface area contributed by atoms with Crippen molar-refractivity contribution in [1.82, 2.24) is 30.2 Å². The number of hydroxylamine groups is 1. The van der Waals surface area contributed by atoms with E-state index in [9.17, 15) is 4.79 Å². The van der Waals surface area contributed by atoms with Crippen LogP contribution in [0.25, 0.3) is 5.69 Å².